The first-order valence-corrected chi connectivity index (χ1v) is 13.1. The number of carbonyl (C=O) groups is 2. The fourth-order valence-electron chi connectivity index (χ4n) is 4.93. The third-order valence-corrected chi connectivity index (χ3v) is 7.18. The molecule has 37 heavy (non-hydrogen) atoms. The Morgan fingerprint density at radius 3 is 2.46 bits per heavy atom. The first kappa shape index (κ1) is 24.8. The van der Waals surface area contributed by atoms with Crippen LogP contribution < -0.4 is 16.0 Å². The molecule has 1 atom stereocenters. The second-order valence-electron chi connectivity index (χ2n) is 10.1. The fourth-order valence-corrected chi connectivity index (χ4v) is 4.93. The maximum atomic E-state index is 13.0. The quantitative estimate of drug-likeness (QED) is 0.359. The molecule has 2 aliphatic rings. The SMILES string of the molecule is Cc1ccc([C@@H](C)NC(=O)c2ccc3c(c2)/C(=C/Nc2ccc(CN4CCCCC4)cc2)C(=O)N3)cc1. The molecule has 6 heteroatoms. The topological polar surface area (TPSA) is 73.5 Å². The Bertz CT molecular complexity index is 1310. The van der Waals surface area contributed by atoms with Gasteiger partial charge in [-0.2, -0.15) is 0 Å². The van der Waals surface area contributed by atoms with Gasteiger partial charge in [0.15, 0.2) is 0 Å². The summed E-state index contributed by atoms with van der Waals surface area (Å²) < 4.78 is 0. The highest BCUT2D eigenvalue weighted by Crippen LogP contribution is 2.33. The van der Waals surface area contributed by atoms with Crippen molar-refractivity contribution < 1.29 is 9.59 Å². The summed E-state index contributed by atoms with van der Waals surface area (Å²) in [5, 5.41) is 9.21. The molecule has 190 valence electrons. The third kappa shape index (κ3) is 5.92. The van der Waals surface area contributed by atoms with E-state index in [1.807, 2.05) is 50.2 Å². The molecule has 5 rings (SSSR count). The molecule has 1 fully saturated rings. The van der Waals surface area contributed by atoms with Gasteiger partial charge in [-0.3, -0.25) is 14.5 Å². The van der Waals surface area contributed by atoms with Crippen LogP contribution in [-0.4, -0.2) is 29.8 Å². The van der Waals surface area contributed by atoms with Crippen LogP contribution in [0.25, 0.3) is 5.57 Å². The second kappa shape index (κ2) is 11.0. The van der Waals surface area contributed by atoms with Gasteiger partial charge in [0.2, 0.25) is 0 Å². The number of piperidine rings is 1. The monoisotopic (exact) mass is 494 g/mol. The van der Waals surface area contributed by atoms with Crippen LogP contribution in [0.1, 0.15) is 64.8 Å². The molecule has 6 nitrogen and oxygen atoms in total. The van der Waals surface area contributed by atoms with Gasteiger partial charge in [-0.15, -0.1) is 0 Å². The summed E-state index contributed by atoms with van der Waals surface area (Å²) in [6.07, 6.45) is 5.62. The van der Waals surface area contributed by atoms with Crippen LogP contribution in [0.15, 0.2) is 72.9 Å². The zero-order valence-electron chi connectivity index (χ0n) is 21.5. The van der Waals surface area contributed by atoms with Crippen molar-refractivity contribution >= 4 is 28.8 Å². The minimum atomic E-state index is -0.185. The zero-order chi connectivity index (χ0) is 25.8. The molecule has 0 aliphatic carbocycles. The summed E-state index contributed by atoms with van der Waals surface area (Å²) >= 11 is 0. The maximum Gasteiger partial charge on any atom is 0.257 e. The number of hydrogen-bond donors (Lipinski definition) is 3. The van der Waals surface area contributed by atoms with Gasteiger partial charge in [0.1, 0.15) is 0 Å². The number of rotatable bonds is 7. The number of fused-ring (bicyclic) bond motifs is 1. The largest absolute Gasteiger partial charge is 0.361 e. The Kier molecular flexibility index (Phi) is 7.37. The van der Waals surface area contributed by atoms with E-state index in [-0.39, 0.29) is 17.9 Å². The highest BCUT2D eigenvalue weighted by Gasteiger charge is 2.25. The lowest BCUT2D eigenvalue weighted by molar-refractivity contribution is -0.110. The summed E-state index contributed by atoms with van der Waals surface area (Å²) in [6.45, 7) is 7.33. The maximum absolute atomic E-state index is 13.0. The second-order valence-corrected chi connectivity index (χ2v) is 10.1. The van der Waals surface area contributed by atoms with Crippen LogP contribution in [0, 0.1) is 6.92 Å². The summed E-state index contributed by atoms with van der Waals surface area (Å²) in [4.78, 5) is 28.2. The minimum absolute atomic E-state index is 0.129. The van der Waals surface area contributed by atoms with Crippen molar-refractivity contribution in [3.05, 3.63) is 101 Å². The average molecular weight is 495 g/mol. The van der Waals surface area contributed by atoms with Crippen molar-refractivity contribution in [1.82, 2.24) is 10.2 Å². The molecule has 0 saturated carbocycles. The molecular weight excluding hydrogens is 460 g/mol. The van der Waals surface area contributed by atoms with Crippen molar-refractivity contribution in [3.63, 3.8) is 0 Å². The molecule has 2 amide bonds. The summed E-state index contributed by atoms with van der Waals surface area (Å²) in [7, 11) is 0. The van der Waals surface area contributed by atoms with Crippen LogP contribution in [0.4, 0.5) is 11.4 Å². The number of benzene rings is 3. The number of likely N-dealkylation sites (tertiary alicyclic amines) is 1. The molecule has 2 aliphatic heterocycles. The van der Waals surface area contributed by atoms with E-state index in [0.717, 1.165) is 23.4 Å². The van der Waals surface area contributed by atoms with Crippen LogP contribution in [0.5, 0.6) is 0 Å². The molecule has 3 aromatic carbocycles. The first-order valence-electron chi connectivity index (χ1n) is 13.1. The van der Waals surface area contributed by atoms with Crippen LogP contribution in [0.2, 0.25) is 0 Å². The normalized spacial score (nSPS) is 17.2. The number of nitrogens with one attached hydrogen (secondary N) is 3. The molecule has 3 N–H and O–H groups in total. The third-order valence-electron chi connectivity index (χ3n) is 7.18. The average Bonchev–Trinajstić information content (AvgIpc) is 3.23. The van der Waals surface area contributed by atoms with Crippen molar-refractivity contribution in [2.45, 2.75) is 45.7 Å². The van der Waals surface area contributed by atoms with Crippen molar-refractivity contribution in [2.24, 2.45) is 0 Å². The summed E-state index contributed by atoms with van der Waals surface area (Å²) in [5.41, 5.74) is 6.88. The Hall–Kier alpha value is -3.90. The molecule has 0 aromatic heterocycles. The van der Waals surface area contributed by atoms with Gasteiger partial charge in [0.25, 0.3) is 11.8 Å². The number of aryl methyl sites for hydroxylation is 1. The number of hydrogen-bond acceptors (Lipinski definition) is 4. The first-order chi connectivity index (χ1) is 18.0. The lowest BCUT2D eigenvalue weighted by atomic mass is 10.0. The molecule has 0 spiro atoms. The van der Waals surface area contributed by atoms with E-state index < -0.39 is 0 Å². The van der Waals surface area contributed by atoms with Gasteiger partial charge in [0, 0.05) is 35.2 Å². The Balaban J connectivity index is 1.26. The molecule has 0 unspecified atom stereocenters. The predicted molar refractivity (Wildman–Crippen MR) is 149 cm³/mol. The highest BCUT2D eigenvalue weighted by atomic mass is 16.2. The van der Waals surface area contributed by atoms with Crippen molar-refractivity contribution in [1.29, 1.82) is 0 Å². The Morgan fingerprint density at radius 2 is 1.73 bits per heavy atom. The number of nitrogens with zero attached hydrogens (tertiary/aromatic N) is 1. The Labute approximate surface area is 218 Å². The highest BCUT2D eigenvalue weighted by molar-refractivity contribution is 6.32. The van der Waals surface area contributed by atoms with Gasteiger partial charge in [-0.1, -0.05) is 48.4 Å². The van der Waals surface area contributed by atoms with E-state index in [9.17, 15) is 9.59 Å². The van der Waals surface area contributed by atoms with Gasteiger partial charge in [-0.25, -0.2) is 0 Å². The predicted octanol–water partition coefficient (Wildman–Crippen LogP) is 5.88. The van der Waals surface area contributed by atoms with E-state index >= 15 is 0 Å². The smallest absolute Gasteiger partial charge is 0.257 e. The number of carbonyl (C=O) groups excluding carboxylic acids is 2. The number of anilines is 2. The summed E-state index contributed by atoms with van der Waals surface area (Å²) in [6, 6.07) is 21.7. The molecular formula is C31H34N4O2. The lowest BCUT2D eigenvalue weighted by Crippen LogP contribution is -2.29. The standard InChI is InChI=1S/C31H34N4O2/c1-21-6-10-24(11-7-21)22(2)33-30(36)25-12-15-29-27(18-25)28(31(37)34-29)19-32-26-13-8-23(9-14-26)20-35-16-4-3-5-17-35/h6-15,18-19,22,32H,3-5,16-17,20H2,1-2H3,(H,33,36)(H,34,37)/b28-19-/t22-/m1/s1. The van der Waals surface area contributed by atoms with E-state index in [1.54, 1.807) is 24.4 Å². The molecule has 3 aromatic rings. The molecule has 2 heterocycles. The van der Waals surface area contributed by atoms with Crippen LogP contribution in [-0.2, 0) is 11.3 Å². The lowest BCUT2D eigenvalue weighted by Gasteiger charge is -2.26. The van der Waals surface area contributed by atoms with E-state index in [1.165, 1.54) is 43.5 Å². The molecule has 0 bridgehead atoms. The van der Waals surface area contributed by atoms with E-state index in [0.29, 0.717) is 16.8 Å². The van der Waals surface area contributed by atoms with Gasteiger partial charge >= 0.3 is 0 Å². The van der Waals surface area contributed by atoms with Gasteiger partial charge in [-0.05, 0) is 81.2 Å². The number of amides is 2. The van der Waals surface area contributed by atoms with Gasteiger partial charge in [0.05, 0.1) is 11.6 Å². The zero-order valence-corrected chi connectivity index (χ0v) is 21.5. The van der Waals surface area contributed by atoms with Crippen LogP contribution >= 0.6 is 0 Å². The van der Waals surface area contributed by atoms with Crippen molar-refractivity contribution in [3.8, 4) is 0 Å². The fraction of sp³-hybridized carbons (Fsp3) is 0.290. The minimum Gasteiger partial charge on any atom is -0.361 e. The molecule has 1 saturated heterocycles. The van der Waals surface area contributed by atoms with Crippen molar-refractivity contribution in [2.75, 3.05) is 23.7 Å². The van der Waals surface area contributed by atoms with Crippen LogP contribution in [0.3, 0.4) is 0 Å². The van der Waals surface area contributed by atoms with Gasteiger partial charge < -0.3 is 16.0 Å². The summed E-state index contributed by atoms with van der Waals surface area (Å²) in [5.74, 6) is -0.360. The Morgan fingerprint density at radius 1 is 1.00 bits per heavy atom. The van der Waals surface area contributed by atoms with E-state index in [4.69, 9.17) is 0 Å². The molecule has 0 radical (unpaired) electrons. The van der Waals surface area contributed by atoms with E-state index in [2.05, 4.69) is 33.0 Å².